The molecule has 1 heterocycles. The summed E-state index contributed by atoms with van der Waals surface area (Å²) in [6, 6.07) is 1.92. The van der Waals surface area contributed by atoms with E-state index in [1.165, 1.54) is 13.3 Å². The van der Waals surface area contributed by atoms with Crippen molar-refractivity contribution in [3.63, 3.8) is 0 Å². The van der Waals surface area contributed by atoms with Crippen molar-refractivity contribution in [1.82, 2.24) is 9.55 Å². The van der Waals surface area contributed by atoms with Crippen LogP contribution in [0.3, 0.4) is 0 Å². The summed E-state index contributed by atoms with van der Waals surface area (Å²) in [6.07, 6.45) is 3.14. The van der Waals surface area contributed by atoms with Crippen LogP contribution >= 0.6 is 15.9 Å². The van der Waals surface area contributed by atoms with Gasteiger partial charge in [0.15, 0.2) is 0 Å². The van der Waals surface area contributed by atoms with Gasteiger partial charge in [0.25, 0.3) is 0 Å². The van der Waals surface area contributed by atoms with E-state index < -0.39 is 4.83 Å². The average Bonchev–Trinajstić information content (AvgIpc) is 2.63. The van der Waals surface area contributed by atoms with E-state index >= 15 is 0 Å². The number of hydrogen-bond acceptors (Lipinski definition) is 4. The first-order chi connectivity index (χ1) is 6.69. The maximum absolute atomic E-state index is 11.1. The van der Waals surface area contributed by atoms with Crippen molar-refractivity contribution in [3.8, 4) is 6.07 Å². The molecule has 0 saturated heterocycles. The quantitative estimate of drug-likeness (QED) is 0.591. The number of rotatable bonds is 3. The molecule has 0 spiro atoms. The van der Waals surface area contributed by atoms with E-state index in [4.69, 9.17) is 5.26 Å². The number of hydrogen-bond donors (Lipinski definition) is 0. The number of imidazole rings is 1. The zero-order valence-corrected chi connectivity index (χ0v) is 9.06. The van der Waals surface area contributed by atoms with Crippen LogP contribution in [0.1, 0.15) is 5.82 Å². The fourth-order valence-electron chi connectivity index (χ4n) is 0.945. The Morgan fingerprint density at radius 2 is 2.64 bits per heavy atom. The smallest absolute Gasteiger partial charge is 0.321 e. The van der Waals surface area contributed by atoms with Crippen LogP contribution in [-0.4, -0.2) is 27.5 Å². The normalized spacial score (nSPS) is 11.8. The lowest BCUT2D eigenvalue weighted by molar-refractivity contribution is -0.140. The van der Waals surface area contributed by atoms with Gasteiger partial charge < -0.3 is 9.30 Å². The molecule has 5 nitrogen and oxygen atoms in total. The number of carbonyl (C=O) groups excluding carboxylic acids is 1. The van der Waals surface area contributed by atoms with Crippen molar-refractivity contribution in [2.45, 2.75) is 11.4 Å². The molecule has 0 aliphatic rings. The Balaban J connectivity index is 2.70. The van der Waals surface area contributed by atoms with Crippen LogP contribution in [-0.2, 0) is 16.1 Å². The average molecular weight is 258 g/mol. The molecule has 0 saturated carbocycles. The van der Waals surface area contributed by atoms with Gasteiger partial charge >= 0.3 is 5.97 Å². The molecule has 0 radical (unpaired) electrons. The van der Waals surface area contributed by atoms with Crippen molar-refractivity contribution in [2.24, 2.45) is 0 Å². The van der Waals surface area contributed by atoms with Crippen LogP contribution in [0.25, 0.3) is 0 Å². The molecule has 1 unspecified atom stereocenters. The number of ether oxygens (including phenoxy) is 1. The van der Waals surface area contributed by atoms with Crippen molar-refractivity contribution < 1.29 is 9.53 Å². The van der Waals surface area contributed by atoms with Crippen LogP contribution in [0.15, 0.2) is 12.4 Å². The monoisotopic (exact) mass is 257 g/mol. The standard InChI is InChI=1S/C8H8BrN3O2/c1-14-8(13)6(9)5-12-3-2-11-7(12)4-10/h2-3,6H,5H2,1H3. The van der Waals surface area contributed by atoms with Gasteiger partial charge in [0, 0.05) is 18.9 Å². The molecular weight excluding hydrogens is 250 g/mol. The van der Waals surface area contributed by atoms with Gasteiger partial charge in [-0.15, -0.1) is 0 Å². The minimum Gasteiger partial charge on any atom is -0.468 e. The van der Waals surface area contributed by atoms with E-state index in [0.717, 1.165) is 0 Å². The van der Waals surface area contributed by atoms with E-state index in [1.807, 2.05) is 6.07 Å². The van der Waals surface area contributed by atoms with Gasteiger partial charge in [0.1, 0.15) is 10.9 Å². The fraction of sp³-hybridized carbons (Fsp3) is 0.375. The van der Waals surface area contributed by atoms with E-state index in [2.05, 4.69) is 25.7 Å². The molecule has 0 amide bonds. The van der Waals surface area contributed by atoms with Crippen molar-refractivity contribution in [3.05, 3.63) is 18.2 Å². The molecule has 0 aromatic carbocycles. The molecule has 1 rings (SSSR count). The van der Waals surface area contributed by atoms with Crippen molar-refractivity contribution in [1.29, 1.82) is 5.26 Å². The SMILES string of the molecule is COC(=O)C(Br)Cn1ccnc1C#N. The molecule has 0 fully saturated rings. The molecule has 0 aliphatic heterocycles. The lowest BCUT2D eigenvalue weighted by atomic mass is 10.4. The van der Waals surface area contributed by atoms with Gasteiger partial charge in [-0.25, -0.2) is 4.98 Å². The highest BCUT2D eigenvalue weighted by Crippen LogP contribution is 2.07. The molecule has 6 heteroatoms. The van der Waals surface area contributed by atoms with Crippen molar-refractivity contribution >= 4 is 21.9 Å². The number of carbonyl (C=O) groups is 1. The summed E-state index contributed by atoms with van der Waals surface area (Å²) in [5, 5.41) is 8.65. The molecule has 14 heavy (non-hydrogen) atoms. The van der Waals surface area contributed by atoms with Crippen molar-refractivity contribution in [2.75, 3.05) is 7.11 Å². The molecule has 1 aromatic rings. The van der Waals surface area contributed by atoms with Gasteiger partial charge in [0.05, 0.1) is 7.11 Å². The first-order valence-electron chi connectivity index (χ1n) is 3.82. The number of esters is 1. The van der Waals surface area contributed by atoms with E-state index in [-0.39, 0.29) is 11.8 Å². The third-order valence-electron chi connectivity index (χ3n) is 1.63. The molecule has 0 N–H and O–H groups in total. The van der Waals surface area contributed by atoms with E-state index in [1.54, 1.807) is 10.8 Å². The third kappa shape index (κ3) is 2.33. The zero-order chi connectivity index (χ0) is 10.6. The van der Waals surface area contributed by atoms with Gasteiger partial charge in [-0.2, -0.15) is 5.26 Å². The van der Waals surface area contributed by atoms with Gasteiger partial charge in [-0.3, -0.25) is 4.79 Å². The third-order valence-corrected chi connectivity index (χ3v) is 2.29. The molecule has 1 aromatic heterocycles. The van der Waals surface area contributed by atoms with E-state index in [9.17, 15) is 4.79 Å². The summed E-state index contributed by atoms with van der Waals surface area (Å²) in [6.45, 7) is 0.329. The number of aromatic nitrogens is 2. The Morgan fingerprint density at radius 1 is 1.93 bits per heavy atom. The lowest BCUT2D eigenvalue weighted by Crippen LogP contribution is -2.21. The molecule has 0 bridgehead atoms. The summed E-state index contributed by atoms with van der Waals surface area (Å²) < 4.78 is 6.11. The number of halogens is 1. The number of methoxy groups -OCH3 is 1. The topological polar surface area (TPSA) is 67.9 Å². The minimum absolute atomic E-state index is 0.276. The molecule has 74 valence electrons. The van der Waals surface area contributed by atoms with Crippen LogP contribution in [0.4, 0.5) is 0 Å². The second-order valence-corrected chi connectivity index (χ2v) is 3.61. The number of nitriles is 1. The number of nitrogens with zero attached hydrogens (tertiary/aromatic N) is 3. The highest BCUT2D eigenvalue weighted by molar-refractivity contribution is 9.10. The Hall–Kier alpha value is -1.35. The van der Waals surface area contributed by atoms with E-state index in [0.29, 0.717) is 6.54 Å². The first-order valence-corrected chi connectivity index (χ1v) is 4.73. The fourth-order valence-corrected chi connectivity index (χ4v) is 1.44. The Labute approximate surface area is 89.4 Å². The summed E-state index contributed by atoms with van der Waals surface area (Å²) in [7, 11) is 1.32. The molecular formula is C8H8BrN3O2. The van der Waals surface area contributed by atoms with Crippen LogP contribution in [0.2, 0.25) is 0 Å². The number of alkyl halides is 1. The minimum atomic E-state index is -0.464. The Kier molecular flexibility index (Phi) is 3.65. The maximum atomic E-state index is 11.1. The van der Waals surface area contributed by atoms with Crippen LogP contribution in [0.5, 0.6) is 0 Å². The van der Waals surface area contributed by atoms with Gasteiger partial charge in [-0.1, -0.05) is 15.9 Å². The summed E-state index contributed by atoms with van der Waals surface area (Å²) in [5.74, 6) is -0.0963. The predicted octanol–water partition coefficient (Wildman–Crippen LogP) is 0.691. The van der Waals surface area contributed by atoms with Crippen LogP contribution < -0.4 is 0 Å². The highest BCUT2D eigenvalue weighted by atomic mass is 79.9. The lowest BCUT2D eigenvalue weighted by Gasteiger charge is -2.08. The molecule has 0 aliphatic carbocycles. The second kappa shape index (κ2) is 4.77. The van der Waals surface area contributed by atoms with Gasteiger partial charge in [0.2, 0.25) is 5.82 Å². The summed E-state index contributed by atoms with van der Waals surface area (Å²) in [5.41, 5.74) is 0. The zero-order valence-electron chi connectivity index (χ0n) is 7.48. The largest absolute Gasteiger partial charge is 0.468 e. The summed E-state index contributed by atoms with van der Waals surface area (Å²) in [4.78, 5) is 14.4. The van der Waals surface area contributed by atoms with Crippen LogP contribution in [0, 0.1) is 11.3 Å². The molecule has 1 atom stereocenters. The summed E-state index contributed by atoms with van der Waals surface area (Å²) >= 11 is 3.16. The first kappa shape index (κ1) is 10.7. The van der Waals surface area contributed by atoms with Gasteiger partial charge in [-0.05, 0) is 0 Å². The Bertz CT molecular complexity index is 369. The Morgan fingerprint density at radius 3 is 3.21 bits per heavy atom. The second-order valence-electron chi connectivity index (χ2n) is 2.51. The highest BCUT2D eigenvalue weighted by Gasteiger charge is 2.16. The maximum Gasteiger partial charge on any atom is 0.321 e. The predicted molar refractivity (Wildman–Crippen MR) is 51.7 cm³/mol.